The number of piperidine rings is 1. The second-order valence-corrected chi connectivity index (χ2v) is 4.67. The van der Waals surface area contributed by atoms with Crippen LogP contribution in [-0.2, 0) is 0 Å². The summed E-state index contributed by atoms with van der Waals surface area (Å²) in [6, 6.07) is 1.62. The summed E-state index contributed by atoms with van der Waals surface area (Å²) in [6.07, 6.45) is 3.16. The molecule has 1 aliphatic rings. The quantitative estimate of drug-likeness (QED) is 0.651. The molecule has 1 fully saturated rings. The number of nitrogens with zero attached hydrogens (tertiary/aromatic N) is 1. The average Bonchev–Trinajstić information content (AvgIpc) is 2.62. The molecule has 16 heavy (non-hydrogen) atoms. The molecule has 1 aliphatic heterocycles. The number of carbonyl (C=O) groups is 1. The molecular formula is C11H17N3O2. The molecule has 0 spiro atoms. The number of hydrogen-bond donors (Lipinski definition) is 3. The largest absolute Gasteiger partial charge is 0.397 e. The zero-order chi connectivity index (χ0) is 11.8. The maximum absolute atomic E-state index is 12.0. The van der Waals surface area contributed by atoms with Gasteiger partial charge in [0.15, 0.2) is 0 Å². The highest BCUT2D eigenvalue weighted by Gasteiger charge is 2.31. The lowest BCUT2D eigenvalue weighted by molar-refractivity contribution is -0.0109. The van der Waals surface area contributed by atoms with E-state index in [1.807, 2.05) is 0 Å². The van der Waals surface area contributed by atoms with E-state index >= 15 is 0 Å². The van der Waals surface area contributed by atoms with Gasteiger partial charge in [-0.1, -0.05) is 0 Å². The molecule has 0 aromatic carbocycles. The highest BCUT2D eigenvalue weighted by atomic mass is 16.3. The van der Waals surface area contributed by atoms with Crippen LogP contribution in [0.2, 0.25) is 0 Å². The Kier molecular flexibility index (Phi) is 2.63. The summed E-state index contributed by atoms with van der Waals surface area (Å²) in [5.41, 5.74) is 5.81. The van der Waals surface area contributed by atoms with Crippen molar-refractivity contribution >= 4 is 11.6 Å². The van der Waals surface area contributed by atoms with Crippen molar-refractivity contribution in [1.82, 2.24) is 9.88 Å². The minimum Gasteiger partial charge on any atom is -0.397 e. The van der Waals surface area contributed by atoms with Gasteiger partial charge in [0.05, 0.1) is 5.60 Å². The van der Waals surface area contributed by atoms with Crippen molar-refractivity contribution < 1.29 is 9.90 Å². The molecule has 0 saturated carbocycles. The van der Waals surface area contributed by atoms with Crippen molar-refractivity contribution in [3.05, 3.63) is 18.0 Å². The van der Waals surface area contributed by atoms with Crippen LogP contribution in [0.5, 0.6) is 0 Å². The van der Waals surface area contributed by atoms with Gasteiger partial charge >= 0.3 is 0 Å². The average molecular weight is 223 g/mol. The smallest absolute Gasteiger partial charge is 0.270 e. The maximum Gasteiger partial charge on any atom is 0.270 e. The van der Waals surface area contributed by atoms with Gasteiger partial charge < -0.3 is 20.7 Å². The topological polar surface area (TPSA) is 82.3 Å². The molecule has 1 aromatic rings. The van der Waals surface area contributed by atoms with Crippen LogP contribution in [0.3, 0.4) is 0 Å². The van der Waals surface area contributed by atoms with Crippen LogP contribution in [0.25, 0.3) is 0 Å². The number of H-pyrrole nitrogens is 1. The molecule has 1 unspecified atom stereocenters. The molecule has 4 N–H and O–H groups in total. The first-order chi connectivity index (χ1) is 7.48. The van der Waals surface area contributed by atoms with Crippen LogP contribution < -0.4 is 5.73 Å². The lowest BCUT2D eigenvalue weighted by Crippen LogP contribution is -2.48. The molecule has 2 rings (SSSR count). The van der Waals surface area contributed by atoms with Gasteiger partial charge in [-0.05, 0) is 25.8 Å². The molecule has 88 valence electrons. The summed E-state index contributed by atoms with van der Waals surface area (Å²) in [6.45, 7) is 2.83. The van der Waals surface area contributed by atoms with Crippen LogP contribution in [0.15, 0.2) is 12.3 Å². The molecule has 1 amide bonds. The summed E-state index contributed by atoms with van der Waals surface area (Å²) in [5.74, 6) is -0.100. The van der Waals surface area contributed by atoms with Crippen molar-refractivity contribution in [3.8, 4) is 0 Å². The van der Waals surface area contributed by atoms with Gasteiger partial charge in [0.2, 0.25) is 0 Å². The monoisotopic (exact) mass is 223 g/mol. The fourth-order valence-electron chi connectivity index (χ4n) is 2.10. The highest BCUT2D eigenvalue weighted by molar-refractivity contribution is 5.93. The SMILES string of the molecule is CC1(O)CCCN(C(=O)c2cc(N)c[nH]2)C1. The molecule has 2 heterocycles. The molecule has 0 bridgehead atoms. The van der Waals surface area contributed by atoms with E-state index in [0.29, 0.717) is 24.5 Å². The molecule has 1 saturated heterocycles. The number of anilines is 1. The Balaban J connectivity index is 2.10. The fourth-order valence-corrected chi connectivity index (χ4v) is 2.10. The van der Waals surface area contributed by atoms with Crippen molar-refractivity contribution in [2.24, 2.45) is 0 Å². The van der Waals surface area contributed by atoms with E-state index in [2.05, 4.69) is 4.98 Å². The molecule has 5 nitrogen and oxygen atoms in total. The van der Waals surface area contributed by atoms with Crippen LogP contribution in [-0.4, -0.2) is 39.6 Å². The van der Waals surface area contributed by atoms with Crippen molar-refractivity contribution in [2.45, 2.75) is 25.4 Å². The van der Waals surface area contributed by atoms with Gasteiger partial charge in [-0.15, -0.1) is 0 Å². The second-order valence-electron chi connectivity index (χ2n) is 4.67. The number of rotatable bonds is 1. The van der Waals surface area contributed by atoms with E-state index in [1.54, 1.807) is 24.1 Å². The van der Waals surface area contributed by atoms with Gasteiger partial charge in [-0.25, -0.2) is 0 Å². The summed E-state index contributed by atoms with van der Waals surface area (Å²) in [4.78, 5) is 16.5. The molecule has 1 aromatic heterocycles. The lowest BCUT2D eigenvalue weighted by Gasteiger charge is -2.36. The number of aromatic amines is 1. The Morgan fingerprint density at radius 2 is 2.44 bits per heavy atom. The normalized spacial score (nSPS) is 25.8. The number of nitrogens with two attached hydrogens (primary N) is 1. The lowest BCUT2D eigenvalue weighted by atomic mass is 9.95. The van der Waals surface area contributed by atoms with Crippen LogP contribution in [0, 0.1) is 0 Å². The number of hydrogen-bond acceptors (Lipinski definition) is 3. The number of β-amino-alcohol motifs (C(OH)–C–C–N with tert-alkyl or cyclic N) is 1. The number of nitrogens with one attached hydrogen (secondary N) is 1. The molecule has 5 heteroatoms. The third-order valence-electron chi connectivity index (χ3n) is 2.90. The first-order valence-electron chi connectivity index (χ1n) is 5.43. The molecule has 0 radical (unpaired) electrons. The summed E-state index contributed by atoms with van der Waals surface area (Å²) < 4.78 is 0. The van der Waals surface area contributed by atoms with Crippen LogP contribution >= 0.6 is 0 Å². The zero-order valence-corrected chi connectivity index (χ0v) is 9.36. The number of aliphatic hydroxyl groups is 1. The van der Waals surface area contributed by atoms with E-state index in [9.17, 15) is 9.90 Å². The fraction of sp³-hybridized carbons (Fsp3) is 0.545. The van der Waals surface area contributed by atoms with E-state index in [1.165, 1.54) is 0 Å². The summed E-state index contributed by atoms with van der Waals surface area (Å²) >= 11 is 0. The zero-order valence-electron chi connectivity index (χ0n) is 9.36. The first-order valence-corrected chi connectivity index (χ1v) is 5.43. The highest BCUT2D eigenvalue weighted by Crippen LogP contribution is 2.21. The van der Waals surface area contributed by atoms with Crippen LogP contribution in [0.1, 0.15) is 30.3 Å². The van der Waals surface area contributed by atoms with Crippen molar-refractivity contribution in [3.63, 3.8) is 0 Å². The Bertz CT molecular complexity index is 398. The van der Waals surface area contributed by atoms with Crippen LogP contribution in [0.4, 0.5) is 5.69 Å². The van der Waals surface area contributed by atoms with Gasteiger partial charge in [0.25, 0.3) is 5.91 Å². The number of likely N-dealkylation sites (tertiary alicyclic amines) is 1. The van der Waals surface area contributed by atoms with E-state index < -0.39 is 5.60 Å². The van der Waals surface area contributed by atoms with Gasteiger partial charge in [0, 0.05) is 25.0 Å². The van der Waals surface area contributed by atoms with E-state index in [0.717, 1.165) is 12.8 Å². The predicted molar refractivity (Wildman–Crippen MR) is 61.0 cm³/mol. The Hall–Kier alpha value is -1.49. The number of amides is 1. The van der Waals surface area contributed by atoms with E-state index in [4.69, 9.17) is 5.73 Å². The Morgan fingerprint density at radius 3 is 3.00 bits per heavy atom. The first kappa shape index (κ1) is 11.0. The van der Waals surface area contributed by atoms with E-state index in [-0.39, 0.29) is 5.91 Å². The van der Waals surface area contributed by atoms with Crippen molar-refractivity contribution in [2.75, 3.05) is 18.8 Å². The third-order valence-corrected chi connectivity index (χ3v) is 2.90. The number of carbonyl (C=O) groups excluding carboxylic acids is 1. The minimum atomic E-state index is -0.772. The molecule has 1 atom stereocenters. The maximum atomic E-state index is 12.0. The van der Waals surface area contributed by atoms with Gasteiger partial charge in [-0.3, -0.25) is 4.79 Å². The summed E-state index contributed by atoms with van der Waals surface area (Å²) in [7, 11) is 0. The predicted octanol–water partition coefficient (Wildman–Crippen LogP) is 0.584. The molecular weight excluding hydrogens is 206 g/mol. The third kappa shape index (κ3) is 2.19. The molecule has 0 aliphatic carbocycles. The summed E-state index contributed by atoms with van der Waals surface area (Å²) in [5, 5.41) is 9.92. The minimum absolute atomic E-state index is 0.100. The van der Waals surface area contributed by atoms with Gasteiger partial charge in [0.1, 0.15) is 5.69 Å². The standard InChI is InChI=1S/C11H17N3O2/c1-11(16)3-2-4-14(7-11)10(15)9-5-8(12)6-13-9/h5-6,13,16H,2-4,7,12H2,1H3. The van der Waals surface area contributed by atoms with Gasteiger partial charge in [-0.2, -0.15) is 0 Å². The Morgan fingerprint density at radius 1 is 1.69 bits per heavy atom. The number of nitrogen functional groups attached to an aromatic ring is 1. The number of aromatic nitrogens is 1. The second kappa shape index (κ2) is 3.83. The Labute approximate surface area is 94.2 Å². The van der Waals surface area contributed by atoms with Crippen molar-refractivity contribution in [1.29, 1.82) is 0 Å².